The van der Waals surface area contributed by atoms with Crippen molar-refractivity contribution >= 4 is 22.4 Å². The molecular formula is C11H17N3OS. The molecule has 88 valence electrons. The molecule has 16 heavy (non-hydrogen) atoms. The number of rotatable bonds is 2. The first-order valence-corrected chi connectivity index (χ1v) is 6.35. The van der Waals surface area contributed by atoms with Crippen molar-refractivity contribution < 1.29 is 4.79 Å². The minimum absolute atomic E-state index is 0.00191. The average molecular weight is 239 g/mol. The maximum Gasteiger partial charge on any atom is 0.225 e. The van der Waals surface area contributed by atoms with Gasteiger partial charge in [-0.05, 0) is 12.8 Å². The molecule has 0 atom stereocenters. The number of anilines is 1. The van der Waals surface area contributed by atoms with Gasteiger partial charge >= 0.3 is 0 Å². The Morgan fingerprint density at radius 2 is 2.00 bits per heavy atom. The molecular weight excluding hydrogens is 222 g/mol. The third kappa shape index (κ3) is 2.24. The first-order valence-electron chi connectivity index (χ1n) is 5.53. The molecule has 0 radical (unpaired) electrons. The Balaban J connectivity index is 2.26. The molecule has 1 aromatic rings. The van der Waals surface area contributed by atoms with E-state index in [0.29, 0.717) is 6.04 Å². The van der Waals surface area contributed by atoms with Crippen LogP contribution in [0.2, 0.25) is 0 Å². The van der Waals surface area contributed by atoms with Crippen molar-refractivity contribution in [1.82, 2.24) is 10.2 Å². The molecule has 0 spiro atoms. The standard InChI is InChI=1S/C11H17N3OS/c1-7(15)14(8-5-6-8)10-13-12-9(16-10)11(2,3)4/h8H,5-6H2,1-4H3. The summed E-state index contributed by atoms with van der Waals surface area (Å²) >= 11 is 1.53. The summed E-state index contributed by atoms with van der Waals surface area (Å²) in [6, 6.07) is 0.360. The molecule has 2 rings (SSSR count). The summed E-state index contributed by atoms with van der Waals surface area (Å²) in [7, 11) is 0. The van der Waals surface area contributed by atoms with Crippen LogP contribution in [0.1, 0.15) is 45.5 Å². The van der Waals surface area contributed by atoms with Gasteiger partial charge in [0.2, 0.25) is 11.0 Å². The number of aromatic nitrogens is 2. The molecule has 0 aromatic carbocycles. The first kappa shape index (κ1) is 11.5. The van der Waals surface area contributed by atoms with E-state index in [1.807, 2.05) is 0 Å². The van der Waals surface area contributed by atoms with Crippen LogP contribution >= 0.6 is 11.3 Å². The zero-order valence-corrected chi connectivity index (χ0v) is 11.0. The minimum Gasteiger partial charge on any atom is -0.284 e. The van der Waals surface area contributed by atoms with Crippen LogP contribution in [-0.2, 0) is 10.2 Å². The number of amides is 1. The fourth-order valence-electron chi connectivity index (χ4n) is 1.50. The second kappa shape index (κ2) is 3.80. The van der Waals surface area contributed by atoms with E-state index >= 15 is 0 Å². The van der Waals surface area contributed by atoms with Gasteiger partial charge < -0.3 is 0 Å². The lowest BCUT2D eigenvalue weighted by Crippen LogP contribution is -2.30. The lowest BCUT2D eigenvalue weighted by atomic mass is 9.98. The van der Waals surface area contributed by atoms with Gasteiger partial charge in [0.05, 0.1) is 0 Å². The Hall–Kier alpha value is -0.970. The lowest BCUT2D eigenvalue weighted by Gasteiger charge is -2.16. The highest BCUT2D eigenvalue weighted by atomic mass is 32.1. The van der Waals surface area contributed by atoms with E-state index in [1.165, 1.54) is 11.3 Å². The normalized spacial score (nSPS) is 16.2. The van der Waals surface area contributed by atoms with Crippen molar-refractivity contribution in [3.63, 3.8) is 0 Å². The van der Waals surface area contributed by atoms with E-state index in [2.05, 4.69) is 31.0 Å². The van der Waals surface area contributed by atoms with Gasteiger partial charge in [0, 0.05) is 18.4 Å². The number of carbonyl (C=O) groups excluding carboxylic acids is 1. The van der Waals surface area contributed by atoms with Crippen LogP contribution < -0.4 is 4.90 Å². The van der Waals surface area contributed by atoms with E-state index < -0.39 is 0 Å². The summed E-state index contributed by atoms with van der Waals surface area (Å²) in [4.78, 5) is 13.3. The summed E-state index contributed by atoms with van der Waals surface area (Å²) in [5.41, 5.74) is 0.00191. The smallest absolute Gasteiger partial charge is 0.225 e. The summed E-state index contributed by atoms with van der Waals surface area (Å²) in [6.45, 7) is 7.90. The van der Waals surface area contributed by atoms with Gasteiger partial charge in [0.1, 0.15) is 5.01 Å². The zero-order valence-electron chi connectivity index (χ0n) is 10.1. The summed E-state index contributed by atoms with van der Waals surface area (Å²) in [6.07, 6.45) is 2.17. The van der Waals surface area contributed by atoms with E-state index in [4.69, 9.17) is 0 Å². The first-order chi connectivity index (χ1) is 7.39. The predicted molar refractivity (Wildman–Crippen MR) is 64.8 cm³/mol. The van der Waals surface area contributed by atoms with Crippen molar-refractivity contribution in [2.75, 3.05) is 4.90 Å². The molecule has 0 N–H and O–H groups in total. The van der Waals surface area contributed by atoms with Crippen molar-refractivity contribution in [2.45, 2.75) is 52.0 Å². The van der Waals surface area contributed by atoms with E-state index in [0.717, 1.165) is 23.0 Å². The van der Waals surface area contributed by atoms with Gasteiger partial charge in [-0.1, -0.05) is 32.1 Å². The maximum atomic E-state index is 11.5. The molecule has 1 aliphatic carbocycles. The van der Waals surface area contributed by atoms with Gasteiger partial charge in [0.25, 0.3) is 0 Å². The van der Waals surface area contributed by atoms with Crippen molar-refractivity contribution in [1.29, 1.82) is 0 Å². The van der Waals surface area contributed by atoms with Gasteiger partial charge in [-0.25, -0.2) is 0 Å². The summed E-state index contributed by atoms with van der Waals surface area (Å²) in [5, 5.41) is 10.0. The molecule has 1 heterocycles. The Morgan fingerprint density at radius 1 is 1.38 bits per heavy atom. The largest absolute Gasteiger partial charge is 0.284 e. The molecule has 1 saturated carbocycles. The van der Waals surface area contributed by atoms with Crippen LogP contribution in [-0.4, -0.2) is 22.1 Å². The van der Waals surface area contributed by atoms with Gasteiger partial charge in [0.15, 0.2) is 0 Å². The van der Waals surface area contributed by atoms with E-state index in [-0.39, 0.29) is 11.3 Å². The molecule has 1 amide bonds. The molecule has 5 heteroatoms. The number of carbonyl (C=O) groups is 1. The third-order valence-corrected chi connectivity index (χ3v) is 3.86. The third-order valence-electron chi connectivity index (χ3n) is 2.51. The summed E-state index contributed by atoms with van der Waals surface area (Å²) in [5.74, 6) is 0.0686. The van der Waals surface area contributed by atoms with Crippen LogP contribution in [0.3, 0.4) is 0 Å². The molecule has 0 saturated heterocycles. The van der Waals surface area contributed by atoms with Crippen LogP contribution in [0.5, 0.6) is 0 Å². The highest BCUT2D eigenvalue weighted by Crippen LogP contribution is 2.36. The highest BCUT2D eigenvalue weighted by molar-refractivity contribution is 7.15. The SMILES string of the molecule is CC(=O)N(c1nnc(C(C)(C)C)s1)C1CC1. The van der Waals surface area contributed by atoms with Crippen LogP contribution in [0.15, 0.2) is 0 Å². The molecule has 1 aliphatic rings. The summed E-state index contributed by atoms with van der Waals surface area (Å²) < 4.78 is 0. The molecule has 1 aromatic heterocycles. The number of hydrogen-bond donors (Lipinski definition) is 0. The van der Waals surface area contributed by atoms with E-state index in [1.54, 1.807) is 11.8 Å². The Kier molecular flexibility index (Phi) is 2.74. The fourth-order valence-corrected chi connectivity index (χ4v) is 2.52. The average Bonchev–Trinajstić information content (AvgIpc) is 2.79. The Bertz CT molecular complexity index is 404. The zero-order chi connectivity index (χ0) is 11.9. The quantitative estimate of drug-likeness (QED) is 0.796. The van der Waals surface area contributed by atoms with Crippen LogP contribution in [0.4, 0.5) is 5.13 Å². The fraction of sp³-hybridized carbons (Fsp3) is 0.727. The van der Waals surface area contributed by atoms with Gasteiger partial charge in [-0.3, -0.25) is 9.69 Å². The van der Waals surface area contributed by atoms with Gasteiger partial charge in [-0.2, -0.15) is 0 Å². The molecule has 0 unspecified atom stereocenters. The molecule has 4 nitrogen and oxygen atoms in total. The maximum absolute atomic E-state index is 11.5. The highest BCUT2D eigenvalue weighted by Gasteiger charge is 2.34. The predicted octanol–water partition coefficient (Wildman–Crippen LogP) is 2.35. The second-order valence-corrected chi connectivity index (χ2v) is 6.22. The molecule has 0 aliphatic heterocycles. The monoisotopic (exact) mass is 239 g/mol. The van der Waals surface area contributed by atoms with Crippen molar-refractivity contribution in [2.24, 2.45) is 0 Å². The minimum atomic E-state index is 0.00191. The number of hydrogen-bond acceptors (Lipinski definition) is 4. The lowest BCUT2D eigenvalue weighted by molar-refractivity contribution is -0.116. The second-order valence-electron chi connectivity index (χ2n) is 5.26. The van der Waals surface area contributed by atoms with Gasteiger partial charge in [-0.15, -0.1) is 10.2 Å². The molecule has 1 fully saturated rings. The topological polar surface area (TPSA) is 46.1 Å². The number of nitrogens with zero attached hydrogens (tertiary/aromatic N) is 3. The Morgan fingerprint density at radius 3 is 2.38 bits per heavy atom. The van der Waals surface area contributed by atoms with E-state index in [9.17, 15) is 4.79 Å². The Labute approximate surface area is 99.7 Å². The molecule has 0 bridgehead atoms. The van der Waals surface area contributed by atoms with Crippen LogP contribution in [0, 0.1) is 0 Å². The van der Waals surface area contributed by atoms with Crippen molar-refractivity contribution in [3.8, 4) is 0 Å². The van der Waals surface area contributed by atoms with Crippen LogP contribution in [0.25, 0.3) is 0 Å². The van der Waals surface area contributed by atoms with Crippen molar-refractivity contribution in [3.05, 3.63) is 5.01 Å².